The summed E-state index contributed by atoms with van der Waals surface area (Å²) in [5, 5.41) is 36.2. The molecule has 0 aromatic rings. The normalized spacial score (nSPS) is 37.3. The van der Waals surface area contributed by atoms with Crippen LogP contribution in [0.15, 0.2) is 11.6 Å². The molecule has 0 bridgehead atoms. The summed E-state index contributed by atoms with van der Waals surface area (Å²) in [7, 11) is 0. The van der Waals surface area contributed by atoms with Gasteiger partial charge in [0, 0.05) is 24.7 Å². The number of carbonyl (C=O) groups excluding carboxylic acids is 1. The second kappa shape index (κ2) is 10.9. The Bertz CT molecular complexity index is 716. The van der Waals surface area contributed by atoms with E-state index in [0.29, 0.717) is 24.2 Å². The van der Waals surface area contributed by atoms with Gasteiger partial charge in [0.25, 0.3) is 0 Å². The SMILES string of the molecule is CCC(=O)O.CCC(=O)O.C[C@]12CC[C@H]3[C@@H](CCC4=CC(=O)CC[C@@]43CO)[C@@H]1CC[C@@H]2O. The van der Waals surface area contributed by atoms with E-state index in [1.165, 1.54) is 5.57 Å². The molecular formula is C25H40O7. The van der Waals surface area contributed by atoms with Crippen LogP contribution in [0.25, 0.3) is 0 Å². The lowest BCUT2D eigenvalue weighted by molar-refractivity contribution is -0.137. The molecule has 6 atom stereocenters. The van der Waals surface area contributed by atoms with Crippen molar-refractivity contribution in [1.82, 2.24) is 0 Å². The standard InChI is InChI=1S/C19H28O3.2C3H6O2/c1-18-8-7-16-14(15(18)4-5-17(18)22)3-2-12-10-13(21)6-9-19(12,16)11-20;2*1-2-3(4)5/h10,14-17,20,22H,2-9,11H2,1H3;2*2H2,1H3,(H,4,5)/t14-,15-,16-,17-,18-,19+;;/m0../s1. The van der Waals surface area contributed by atoms with E-state index in [2.05, 4.69) is 6.92 Å². The van der Waals surface area contributed by atoms with Crippen LogP contribution in [0.2, 0.25) is 0 Å². The number of ketones is 1. The molecule has 0 heterocycles. The maximum atomic E-state index is 11.8. The summed E-state index contributed by atoms with van der Waals surface area (Å²) >= 11 is 0. The third kappa shape index (κ3) is 5.25. The van der Waals surface area contributed by atoms with E-state index < -0.39 is 11.9 Å². The number of aliphatic hydroxyl groups is 2. The fourth-order valence-corrected chi connectivity index (χ4v) is 6.63. The molecule has 0 aromatic carbocycles. The molecule has 4 aliphatic rings. The molecule has 7 heteroatoms. The van der Waals surface area contributed by atoms with E-state index in [1.807, 2.05) is 6.08 Å². The van der Waals surface area contributed by atoms with Gasteiger partial charge in [-0.3, -0.25) is 14.4 Å². The van der Waals surface area contributed by atoms with Crippen molar-refractivity contribution in [2.45, 2.75) is 91.1 Å². The van der Waals surface area contributed by atoms with Crippen molar-refractivity contribution in [2.24, 2.45) is 28.6 Å². The first-order valence-corrected chi connectivity index (χ1v) is 12.0. The lowest BCUT2D eigenvalue weighted by Crippen LogP contribution is -2.53. The summed E-state index contributed by atoms with van der Waals surface area (Å²) < 4.78 is 0. The monoisotopic (exact) mass is 452 g/mol. The molecule has 0 spiro atoms. The van der Waals surface area contributed by atoms with Crippen LogP contribution >= 0.6 is 0 Å². The van der Waals surface area contributed by atoms with E-state index in [9.17, 15) is 24.6 Å². The van der Waals surface area contributed by atoms with Gasteiger partial charge in [0.2, 0.25) is 0 Å². The number of carboxylic acid groups (broad SMARTS) is 2. The molecule has 0 aromatic heterocycles. The molecule has 0 radical (unpaired) electrons. The zero-order valence-corrected chi connectivity index (χ0v) is 19.7. The lowest BCUT2D eigenvalue weighted by atomic mass is 9.47. The summed E-state index contributed by atoms with van der Waals surface area (Å²) in [6.45, 7) is 5.68. The van der Waals surface area contributed by atoms with Crippen LogP contribution in [0.5, 0.6) is 0 Å². The van der Waals surface area contributed by atoms with Gasteiger partial charge < -0.3 is 20.4 Å². The first-order chi connectivity index (χ1) is 15.0. The summed E-state index contributed by atoms with van der Waals surface area (Å²) in [6.07, 6.45) is 9.94. The third-order valence-electron chi connectivity index (χ3n) is 8.52. The predicted molar refractivity (Wildman–Crippen MR) is 120 cm³/mol. The van der Waals surface area contributed by atoms with Crippen molar-refractivity contribution in [1.29, 1.82) is 0 Å². The van der Waals surface area contributed by atoms with Gasteiger partial charge in [-0.1, -0.05) is 26.3 Å². The number of aliphatic carboxylic acids is 2. The number of aliphatic hydroxyl groups excluding tert-OH is 2. The highest BCUT2D eigenvalue weighted by Gasteiger charge is 2.59. The maximum Gasteiger partial charge on any atom is 0.303 e. The summed E-state index contributed by atoms with van der Waals surface area (Å²) in [5.74, 6) is 0.482. The highest BCUT2D eigenvalue weighted by atomic mass is 16.4. The zero-order chi connectivity index (χ0) is 24.1. The van der Waals surface area contributed by atoms with Crippen LogP contribution in [0.1, 0.15) is 85.0 Å². The third-order valence-corrected chi connectivity index (χ3v) is 8.52. The van der Waals surface area contributed by atoms with Gasteiger partial charge in [-0.2, -0.15) is 0 Å². The molecule has 32 heavy (non-hydrogen) atoms. The average molecular weight is 453 g/mol. The largest absolute Gasteiger partial charge is 0.481 e. The second-order valence-corrected chi connectivity index (χ2v) is 10.00. The Morgan fingerprint density at radius 1 is 0.969 bits per heavy atom. The van der Waals surface area contributed by atoms with Gasteiger partial charge in [0.05, 0.1) is 12.7 Å². The van der Waals surface area contributed by atoms with Crippen LogP contribution in [-0.4, -0.2) is 50.9 Å². The van der Waals surface area contributed by atoms with E-state index in [0.717, 1.165) is 44.9 Å². The van der Waals surface area contributed by atoms with E-state index in [1.54, 1.807) is 13.8 Å². The number of rotatable bonds is 3. The maximum absolute atomic E-state index is 11.8. The summed E-state index contributed by atoms with van der Waals surface area (Å²) in [5.41, 5.74) is 1.18. The van der Waals surface area contributed by atoms with Gasteiger partial charge in [-0.15, -0.1) is 0 Å². The number of carboxylic acids is 2. The molecular weight excluding hydrogens is 412 g/mol. The molecule has 4 aliphatic carbocycles. The van der Waals surface area contributed by atoms with E-state index in [-0.39, 0.29) is 42.2 Å². The molecule has 7 nitrogen and oxygen atoms in total. The molecule has 0 aliphatic heterocycles. The minimum absolute atomic E-state index is 0.0868. The Morgan fingerprint density at radius 3 is 2.09 bits per heavy atom. The Morgan fingerprint density at radius 2 is 1.56 bits per heavy atom. The van der Waals surface area contributed by atoms with Crippen molar-refractivity contribution in [3.8, 4) is 0 Å². The van der Waals surface area contributed by atoms with Crippen molar-refractivity contribution in [2.75, 3.05) is 6.61 Å². The van der Waals surface area contributed by atoms with Gasteiger partial charge in [-0.05, 0) is 74.2 Å². The zero-order valence-electron chi connectivity index (χ0n) is 19.7. The van der Waals surface area contributed by atoms with Crippen molar-refractivity contribution in [3.05, 3.63) is 11.6 Å². The average Bonchev–Trinajstić information content (AvgIpc) is 3.08. The molecule has 4 N–H and O–H groups in total. The summed E-state index contributed by atoms with van der Waals surface area (Å²) in [4.78, 5) is 30.6. The minimum Gasteiger partial charge on any atom is -0.481 e. The molecule has 3 fully saturated rings. The Labute approximate surface area is 190 Å². The topological polar surface area (TPSA) is 132 Å². The Balaban J connectivity index is 0.000000308. The summed E-state index contributed by atoms with van der Waals surface area (Å²) in [6, 6.07) is 0. The van der Waals surface area contributed by atoms with Crippen LogP contribution in [-0.2, 0) is 14.4 Å². The molecule has 4 rings (SSSR count). The highest BCUT2D eigenvalue weighted by Crippen LogP contribution is 2.65. The van der Waals surface area contributed by atoms with E-state index in [4.69, 9.17) is 10.2 Å². The first-order valence-electron chi connectivity index (χ1n) is 12.0. The highest BCUT2D eigenvalue weighted by molar-refractivity contribution is 5.91. The number of hydrogen-bond donors (Lipinski definition) is 4. The van der Waals surface area contributed by atoms with Gasteiger partial charge in [-0.25, -0.2) is 0 Å². The fraction of sp³-hybridized carbons (Fsp3) is 0.800. The Kier molecular flexibility index (Phi) is 9.06. The van der Waals surface area contributed by atoms with Crippen LogP contribution < -0.4 is 0 Å². The predicted octanol–water partition coefficient (Wildman–Crippen LogP) is 3.81. The molecule has 3 saturated carbocycles. The van der Waals surface area contributed by atoms with E-state index >= 15 is 0 Å². The molecule has 0 unspecified atom stereocenters. The second-order valence-electron chi connectivity index (χ2n) is 10.00. The lowest BCUT2D eigenvalue weighted by Gasteiger charge is -2.58. The number of fused-ring (bicyclic) bond motifs is 5. The first kappa shape index (κ1) is 26.5. The van der Waals surface area contributed by atoms with Crippen molar-refractivity contribution >= 4 is 17.7 Å². The fourth-order valence-electron chi connectivity index (χ4n) is 6.63. The van der Waals surface area contributed by atoms with Gasteiger partial charge in [0.15, 0.2) is 5.78 Å². The minimum atomic E-state index is -0.745. The van der Waals surface area contributed by atoms with Crippen molar-refractivity contribution in [3.63, 3.8) is 0 Å². The molecule has 0 amide bonds. The van der Waals surface area contributed by atoms with Gasteiger partial charge >= 0.3 is 11.9 Å². The van der Waals surface area contributed by atoms with Crippen LogP contribution in [0.4, 0.5) is 0 Å². The quantitative estimate of drug-likeness (QED) is 0.512. The van der Waals surface area contributed by atoms with Crippen LogP contribution in [0.3, 0.4) is 0 Å². The van der Waals surface area contributed by atoms with Crippen molar-refractivity contribution < 1.29 is 34.8 Å². The molecule has 182 valence electrons. The van der Waals surface area contributed by atoms with Crippen LogP contribution in [0, 0.1) is 28.6 Å². The number of carbonyl (C=O) groups is 3. The van der Waals surface area contributed by atoms with Gasteiger partial charge in [0.1, 0.15) is 0 Å². The Hall–Kier alpha value is -1.73. The smallest absolute Gasteiger partial charge is 0.303 e. The molecule has 0 saturated heterocycles. The number of hydrogen-bond acceptors (Lipinski definition) is 5.